The number of carbonyl (C=O) groups is 1. The summed E-state index contributed by atoms with van der Waals surface area (Å²) < 4.78 is 5.10. The molecule has 2 N–H and O–H groups in total. The van der Waals surface area contributed by atoms with Crippen LogP contribution in [-0.2, 0) is 11.2 Å². The van der Waals surface area contributed by atoms with Crippen LogP contribution in [0, 0.1) is 19.8 Å². The van der Waals surface area contributed by atoms with Gasteiger partial charge in [-0.3, -0.25) is 4.79 Å². The molecule has 1 fully saturated rings. The van der Waals surface area contributed by atoms with Crippen molar-refractivity contribution in [2.75, 3.05) is 19.6 Å². The summed E-state index contributed by atoms with van der Waals surface area (Å²) in [5.74, 6) is 1.62. The monoisotopic (exact) mass is 265 g/mol. The molecule has 1 aliphatic rings. The molecular weight excluding hydrogens is 242 g/mol. The van der Waals surface area contributed by atoms with E-state index in [1.165, 1.54) is 0 Å². The van der Waals surface area contributed by atoms with Gasteiger partial charge in [0.1, 0.15) is 5.76 Å². The maximum Gasteiger partial charge on any atom is 0.227 e. The molecule has 2 rings (SSSR count). The van der Waals surface area contributed by atoms with E-state index in [1.54, 1.807) is 0 Å². The Labute approximate surface area is 114 Å². The summed E-state index contributed by atoms with van der Waals surface area (Å²) in [6, 6.07) is 0. The lowest BCUT2D eigenvalue weighted by atomic mass is 9.93. The molecule has 0 aliphatic carbocycles. The fourth-order valence-electron chi connectivity index (χ4n) is 2.72. The van der Waals surface area contributed by atoms with E-state index in [2.05, 4.69) is 5.16 Å². The first kappa shape index (κ1) is 14.1. The predicted octanol–water partition coefficient (Wildman–Crippen LogP) is 1.42. The van der Waals surface area contributed by atoms with E-state index < -0.39 is 0 Å². The molecular formula is C14H23N3O2. The van der Waals surface area contributed by atoms with E-state index in [4.69, 9.17) is 10.3 Å². The van der Waals surface area contributed by atoms with Crippen molar-refractivity contribution in [1.82, 2.24) is 10.1 Å². The molecule has 0 radical (unpaired) electrons. The number of hydrogen-bond donors (Lipinski definition) is 1. The highest BCUT2D eigenvalue weighted by Gasteiger charge is 2.24. The van der Waals surface area contributed by atoms with Crippen LogP contribution < -0.4 is 5.73 Å². The molecule has 0 aromatic carbocycles. The van der Waals surface area contributed by atoms with Crippen molar-refractivity contribution < 1.29 is 9.32 Å². The highest BCUT2D eigenvalue weighted by Crippen LogP contribution is 2.21. The van der Waals surface area contributed by atoms with Crippen molar-refractivity contribution in [2.45, 2.75) is 39.5 Å². The summed E-state index contributed by atoms with van der Waals surface area (Å²) in [7, 11) is 0. The maximum atomic E-state index is 12.3. The van der Waals surface area contributed by atoms with Gasteiger partial charge in [-0.05, 0) is 45.6 Å². The van der Waals surface area contributed by atoms with Crippen molar-refractivity contribution in [3.63, 3.8) is 0 Å². The first-order chi connectivity index (χ1) is 9.11. The molecule has 1 aliphatic heterocycles. The van der Waals surface area contributed by atoms with Gasteiger partial charge in [-0.2, -0.15) is 0 Å². The van der Waals surface area contributed by atoms with Gasteiger partial charge < -0.3 is 15.2 Å². The Bertz CT molecular complexity index is 414. The van der Waals surface area contributed by atoms with Gasteiger partial charge in [0, 0.05) is 18.7 Å². The molecule has 0 atom stereocenters. The van der Waals surface area contributed by atoms with Crippen molar-refractivity contribution in [3.8, 4) is 0 Å². The van der Waals surface area contributed by atoms with E-state index in [-0.39, 0.29) is 5.91 Å². The second-order valence-electron chi connectivity index (χ2n) is 5.38. The van der Waals surface area contributed by atoms with Gasteiger partial charge in [-0.1, -0.05) is 5.16 Å². The first-order valence-corrected chi connectivity index (χ1v) is 7.01. The van der Waals surface area contributed by atoms with E-state index in [9.17, 15) is 4.79 Å². The summed E-state index contributed by atoms with van der Waals surface area (Å²) in [5.41, 5.74) is 7.34. The topological polar surface area (TPSA) is 72.4 Å². The van der Waals surface area contributed by atoms with E-state index in [1.807, 2.05) is 18.7 Å². The number of likely N-dealkylation sites (tertiary alicyclic amines) is 1. The summed E-state index contributed by atoms with van der Waals surface area (Å²) in [4.78, 5) is 14.2. The first-order valence-electron chi connectivity index (χ1n) is 7.01. The molecule has 19 heavy (non-hydrogen) atoms. The molecule has 1 aromatic rings. The van der Waals surface area contributed by atoms with Crippen molar-refractivity contribution in [3.05, 3.63) is 17.0 Å². The normalized spacial score (nSPS) is 16.9. The van der Waals surface area contributed by atoms with Gasteiger partial charge >= 0.3 is 0 Å². The zero-order chi connectivity index (χ0) is 13.8. The lowest BCUT2D eigenvalue weighted by Crippen LogP contribution is -2.39. The smallest absolute Gasteiger partial charge is 0.227 e. The lowest BCUT2D eigenvalue weighted by molar-refractivity contribution is -0.131. The number of carbonyl (C=O) groups excluding carboxylic acids is 1. The SMILES string of the molecule is Cc1noc(C)c1CC(=O)N1CCC(CCN)CC1. The van der Waals surface area contributed by atoms with E-state index >= 15 is 0 Å². The minimum absolute atomic E-state index is 0.181. The van der Waals surface area contributed by atoms with Gasteiger partial charge in [0.05, 0.1) is 12.1 Å². The van der Waals surface area contributed by atoms with Crippen LogP contribution in [0.2, 0.25) is 0 Å². The third kappa shape index (κ3) is 3.35. The minimum atomic E-state index is 0.181. The lowest BCUT2D eigenvalue weighted by Gasteiger charge is -2.32. The van der Waals surface area contributed by atoms with E-state index in [0.29, 0.717) is 12.3 Å². The molecule has 2 heterocycles. The third-order valence-electron chi connectivity index (χ3n) is 4.05. The summed E-state index contributed by atoms with van der Waals surface area (Å²) in [6.45, 7) is 6.19. The van der Waals surface area contributed by atoms with Crippen LogP contribution >= 0.6 is 0 Å². The molecule has 1 saturated heterocycles. The maximum absolute atomic E-state index is 12.3. The highest BCUT2D eigenvalue weighted by atomic mass is 16.5. The highest BCUT2D eigenvalue weighted by molar-refractivity contribution is 5.79. The zero-order valence-electron chi connectivity index (χ0n) is 11.8. The average molecular weight is 265 g/mol. The molecule has 1 amide bonds. The Hall–Kier alpha value is -1.36. The number of aromatic nitrogens is 1. The van der Waals surface area contributed by atoms with Crippen molar-refractivity contribution in [2.24, 2.45) is 11.7 Å². The number of aryl methyl sites for hydroxylation is 2. The molecule has 5 heteroatoms. The molecule has 1 aromatic heterocycles. The largest absolute Gasteiger partial charge is 0.361 e. The third-order valence-corrected chi connectivity index (χ3v) is 4.05. The fraction of sp³-hybridized carbons (Fsp3) is 0.714. The number of nitrogens with two attached hydrogens (primary N) is 1. The fourth-order valence-corrected chi connectivity index (χ4v) is 2.72. The standard InChI is InChI=1S/C14H23N3O2/c1-10-13(11(2)19-16-10)9-14(18)17-7-4-12(3-6-15)5-8-17/h12H,3-9,15H2,1-2H3. The minimum Gasteiger partial charge on any atom is -0.361 e. The van der Waals surface area contributed by atoms with Crippen LogP contribution in [0.1, 0.15) is 36.3 Å². The Balaban J connectivity index is 1.88. The van der Waals surface area contributed by atoms with E-state index in [0.717, 1.165) is 55.9 Å². The Kier molecular flexibility index (Phi) is 4.58. The van der Waals surface area contributed by atoms with Gasteiger partial charge in [-0.25, -0.2) is 0 Å². The molecule has 0 saturated carbocycles. The van der Waals surface area contributed by atoms with Crippen molar-refractivity contribution >= 4 is 5.91 Å². The van der Waals surface area contributed by atoms with Gasteiger partial charge in [-0.15, -0.1) is 0 Å². The van der Waals surface area contributed by atoms with Crippen LogP contribution in [0.4, 0.5) is 0 Å². The predicted molar refractivity (Wildman–Crippen MR) is 72.7 cm³/mol. The number of amides is 1. The second-order valence-corrected chi connectivity index (χ2v) is 5.38. The molecule has 5 nitrogen and oxygen atoms in total. The van der Waals surface area contributed by atoms with Gasteiger partial charge in [0.2, 0.25) is 5.91 Å². The molecule has 0 unspecified atom stereocenters. The average Bonchev–Trinajstić information content (AvgIpc) is 2.72. The number of piperidine rings is 1. The van der Waals surface area contributed by atoms with Crippen LogP contribution in [0.5, 0.6) is 0 Å². The van der Waals surface area contributed by atoms with Gasteiger partial charge in [0.15, 0.2) is 0 Å². The Morgan fingerprint density at radius 3 is 2.63 bits per heavy atom. The molecule has 0 bridgehead atoms. The quantitative estimate of drug-likeness (QED) is 0.893. The Morgan fingerprint density at radius 1 is 1.42 bits per heavy atom. The number of nitrogens with zero attached hydrogens (tertiary/aromatic N) is 2. The summed E-state index contributed by atoms with van der Waals surface area (Å²) in [6.07, 6.45) is 3.63. The Morgan fingerprint density at radius 2 is 2.11 bits per heavy atom. The van der Waals surface area contributed by atoms with Crippen LogP contribution in [-0.4, -0.2) is 35.6 Å². The number of rotatable bonds is 4. The second kappa shape index (κ2) is 6.19. The molecule has 106 valence electrons. The van der Waals surface area contributed by atoms with Crippen molar-refractivity contribution in [1.29, 1.82) is 0 Å². The van der Waals surface area contributed by atoms with Gasteiger partial charge in [0.25, 0.3) is 0 Å². The summed E-state index contributed by atoms with van der Waals surface area (Å²) in [5, 5.41) is 3.89. The molecule has 0 spiro atoms. The van der Waals surface area contributed by atoms with Crippen LogP contribution in [0.15, 0.2) is 4.52 Å². The van der Waals surface area contributed by atoms with Crippen LogP contribution in [0.3, 0.4) is 0 Å². The number of hydrogen-bond acceptors (Lipinski definition) is 4. The zero-order valence-corrected chi connectivity index (χ0v) is 11.8. The summed E-state index contributed by atoms with van der Waals surface area (Å²) >= 11 is 0. The van der Waals surface area contributed by atoms with Crippen LogP contribution in [0.25, 0.3) is 0 Å².